The van der Waals surface area contributed by atoms with E-state index in [0.717, 1.165) is 11.1 Å². The number of amides is 2. The second-order valence-corrected chi connectivity index (χ2v) is 7.42. The van der Waals surface area contributed by atoms with Gasteiger partial charge in [-0.05, 0) is 73.6 Å². The number of carbonyl (C=O) groups is 2. The minimum absolute atomic E-state index is 0.0314. The van der Waals surface area contributed by atoms with Crippen molar-refractivity contribution in [1.82, 2.24) is 5.32 Å². The molecule has 1 fully saturated rings. The van der Waals surface area contributed by atoms with Gasteiger partial charge >= 0.3 is 0 Å². The minimum Gasteiger partial charge on any atom is -0.457 e. The van der Waals surface area contributed by atoms with E-state index in [-0.39, 0.29) is 10.7 Å². The van der Waals surface area contributed by atoms with Crippen LogP contribution in [-0.4, -0.2) is 16.9 Å². The Balaban J connectivity index is 1.72. The fourth-order valence-corrected chi connectivity index (χ4v) is 3.64. The Morgan fingerprint density at radius 3 is 2.61 bits per heavy atom. The summed E-state index contributed by atoms with van der Waals surface area (Å²) < 4.78 is 5.81. The third-order valence-electron chi connectivity index (χ3n) is 5.14. The summed E-state index contributed by atoms with van der Waals surface area (Å²) in [6, 6.07) is 18.1. The Morgan fingerprint density at radius 1 is 1.06 bits per heavy atom. The average Bonchev–Trinajstić information content (AvgIpc) is 3.22. The quantitative estimate of drug-likeness (QED) is 0.383. The molecule has 31 heavy (non-hydrogen) atoms. The van der Waals surface area contributed by atoms with Crippen LogP contribution in [0.5, 0.6) is 0 Å². The molecule has 2 aromatic carbocycles. The molecule has 0 atom stereocenters. The largest absolute Gasteiger partial charge is 0.457 e. The number of benzene rings is 2. The molecule has 3 aromatic rings. The summed E-state index contributed by atoms with van der Waals surface area (Å²) in [4.78, 5) is 27.1. The van der Waals surface area contributed by atoms with E-state index in [1.165, 1.54) is 11.0 Å². The van der Waals surface area contributed by atoms with Crippen molar-refractivity contribution < 1.29 is 14.0 Å². The predicted octanol–water partition coefficient (Wildman–Crippen LogP) is 4.27. The SMILES string of the molecule is Cc1cccc(N2C(=O)/C(=C/c3ccc(-c4ccccc4C#N)o3)C(=O)NC2=S)c1C. The standard InChI is InChI=1S/C24H17N3O3S/c1-14-6-5-9-20(15(14)2)27-23(29)19(22(28)26-24(27)31)12-17-10-11-21(30-17)18-8-4-3-7-16(18)13-25/h3-12H,1-2H3,(H,26,28,31)/b19-12+. The van der Waals surface area contributed by atoms with Gasteiger partial charge in [0.2, 0.25) is 0 Å². The summed E-state index contributed by atoms with van der Waals surface area (Å²) in [5.41, 5.74) is 3.51. The Bertz CT molecular complexity index is 1310. The monoisotopic (exact) mass is 427 g/mol. The zero-order valence-electron chi connectivity index (χ0n) is 16.8. The maximum Gasteiger partial charge on any atom is 0.270 e. The van der Waals surface area contributed by atoms with E-state index in [1.54, 1.807) is 42.5 Å². The molecular weight excluding hydrogens is 410 g/mol. The Hall–Kier alpha value is -4.02. The van der Waals surface area contributed by atoms with Gasteiger partial charge in [0.15, 0.2) is 5.11 Å². The number of carbonyl (C=O) groups excluding carboxylic acids is 2. The van der Waals surface area contributed by atoms with Crippen molar-refractivity contribution in [2.45, 2.75) is 13.8 Å². The average molecular weight is 427 g/mol. The minimum atomic E-state index is -0.591. The van der Waals surface area contributed by atoms with Crippen LogP contribution in [0.15, 0.2) is 64.6 Å². The third kappa shape index (κ3) is 3.65. The molecule has 0 aliphatic carbocycles. The number of aryl methyl sites for hydroxylation is 1. The van der Waals surface area contributed by atoms with Crippen LogP contribution < -0.4 is 10.2 Å². The lowest BCUT2D eigenvalue weighted by molar-refractivity contribution is -0.122. The lowest BCUT2D eigenvalue weighted by Crippen LogP contribution is -2.54. The van der Waals surface area contributed by atoms with E-state index in [4.69, 9.17) is 16.6 Å². The molecule has 1 aliphatic heterocycles. The summed E-state index contributed by atoms with van der Waals surface area (Å²) in [6.45, 7) is 3.83. The van der Waals surface area contributed by atoms with E-state index < -0.39 is 11.8 Å². The molecule has 0 radical (unpaired) electrons. The predicted molar refractivity (Wildman–Crippen MR) is 121 cm³/mol. The maximum atomic E-state index is 13.2. The lowest BCUT2D eigenvalue weighted by Gasteiger charge is -2.30. The number of nitrogens with one attached hydrogen (secondary N) is 1. The fraction of sp³-hybridized carbons (Fsp3) is 0.0833. The summed E-state index contributed by atoms with van der Waals surface area (Å²) >= 11 is 5.27. The van der Waals surface area contributed by atoms with E-state index in [2.05, 4.69) is 11.4 Å². The first kappa shape index (κ1) is 20.3. The van der Waals surface area contributed by atoms with Crippen LogP contribution in [0, 0.1) is 25.2 Å². The van der Waals surface area contributed by atoms with E-state index in [0.29, 0.717) is 28.3 Å². The highest BCUT2D eigenvalue weighted by Crippen LogP contribution is 2.29. The molecule has 2 heterocycles. The van der Waals surface area contributed by atoms with Gasteiger partial charge in [-0.1, -0.05) is 24.3 Å². The number of hydrogen-bond donors (Lipinski definition) is 1. The fourth-order valence-electron chi connectivity index (χ4n) is 3.37. The molecule has 2 amide bonds. The number of anilines is 1. The van der Waals surface area contributed by atoms with Crippen LogP contribution in [-0.2, 0) is 9.59 Å². The normalized spacial score (nSPS) is 15.2. The Kier molecular flexibility index (Phi) is 5.24. The van der Waals surface area contributed by atoms with Crippen LogP contribution >= 0.6 is 12.2 Å². The van der Waals surface area contributed by atoms with Gasteiger partial charge in [-0.2, -0.15) is 5.26 Å². The van der Waals surface area contributed by atoms with E-state index >= 15 is 0 Å². The smallest absolute Gasteiger partial charge is 0.270 e. The summed E-state index contributed by atoms with van der Waals surface area (Å²) in [5, 5.41) is 11.9. The van der Waals surface area contributed by atoms with Gasteiger partial charge in [0.1, 0.15) is 17.1 Å². The van der Waals surface area contributed by atoms with Crippen LogP contribution in [0.2, 0.25) is 0 Å². The topological polar surface area (TPSA) is 86.3 Å². The maximum absolute atomic E-state index is 13.2. The second-order valence-electron chi connectivity index (χ2n) is 7.04. The Labute approximate surface area is 184 Å². The molecule has 0 spiro atoms. The number of hydrogen-bond acceptors (Lipinski definition) is 5. The molecule has 6 nitrogen and oxygen atoms in total. The highest BCUT2D eigenvalue weighted by atomic mass is 32.1. The van der Waals surface area contributed by atoms with Gasteiger partial charge in [-0.15, -0.1) is 0 Å². The van der Waals surface area contributed by atoms with Crippen LogP contribution in [0.3, 0.4) is 0 Å². The van der Waals surface area contributed by atoms with Gasteiger partial charge in [-0.3, -0.25) is 19.8 Å². The second kappa shape index (κ2) is 8.01. The summed E-state index contributed by atoms with van der Waals surface area (Å²) in [6.07, 6.45) is 1.38. The van der Waals surface area contributed by atoms with Crippen molar-refractivity contribution in [2.75, 3.05) is 4.90 Å². The van der Waals surface area contributed by atoms with Gasteiger partial charge in [0.05, 0.1) is 17.3 Å². The molecule has 152 valence electrons. The molecule has 1 saturated heterocycles. The zero-order chi connectivity index (χ0) is 22.1. The van der Waals surface area contributed by atoms with E-state index in [9.17, 15) is 14.9 Å². The van der Waals surface area contributed by atoms with Crippen molar-refractivity contribution in [3.8, 4) is 17.4 Å². The molecule has 1 aromatic heterocycles. The summed E-state index contributed by atoms with van der Waals surface area (Å²) in [5.74, 6) is -0.339. The lowest BCUT2D eigenvalue weighted by atomic mass is 10.0. The van der Waals surface area contributed by atoms with Crippen molar-refractivity contribution in [2.24, 2.45) is 0 Å². The van der Waals surface area contributed by atoms with Crippen LogP contribution in [0.4, 0.5) is 5.69 Å². The molecule has 1 aliphatic rings. The molecule has 1 N–H and O–H groups in total. The third-order valence-corrected chi connectivity index (χ3v) is 5.43. The van der Waals surface area contributed by atoms with Gasteiger partial charge in [-0.25, -0.2) is 0 Å². The number of thiocarbonyl (C=S) groups is 1. The van der Waals surface area contributed by atoms with Crippen molar-refractivity contribution in [3.63, 3.8) is 0 Å². The first-order valence-corrected chi connectivity index (χ1v) is 9.88. The molecule has 0 unspecified atom stereocenters. The molecule has 4 rings (SSSR count). The van der Waals surface area contributed by atoms with E-state index in [1.807, 2.05) is 26.0 Å². The first-order valence-electron chi connectivity index (χ1n) is 9.47. The van der Waals surface area contributed by atoms with Crippen molar-refractivity contribution in [1.29, 1.82) is 5.26 Å². The Morgan fingerprint density at radius 2 is 1.84 bits per heavy atom. The number of nitrogens with zero attached hydrogens (tertiary/aromatic N) is 2. The highest BCUT2D eigenvalue weighted by Gasteiger charge is 2.35. The van der Waals surface area contributed by atoms with Gasteiger partial charge in [0, 0.05) is 5.56 Å². The highest BCUT2D eigenvalue weighted by molar-refractivity contribution is 7.80. The molecule has 0 bridgehead atoms. The number of rotatable bonds is 3. The summed E-state index contributed by atoms with van der Waals surface area (Å²) in [7, 11) is 0. The van der Waals surface area contributed by atoms with Crippen LogP contribution in [0.1, 0.15) is 22.5 Å². The van der Waals surface area contributed by atoms with Gasteiger partial charge < -0.3 is 4.42 Å². The number of furan rings is 1. The van der Waals surface area contributed by atoms with Crippen molar-refractivity contribution in [3.05, 3.63) is 82.6 Å². The molecule has 7 heteroatoms. The molecular formula is C24H17N3O3S. The zero-order valence-corrected chi connectivity index (χ0v) is 17.6. The van der Waals surface area contributed by atoms with Crippen molar-refractivity contribution >= 4 is 40.9 Å². The first-order chi connectivity index (χ1) is 14.9. The molecule has 0 saturated carbocycles. The van der Waals surface area contributed by atoms with Crippen LogP contribution in [0.25, 0.3) is 17.4 Å². The van der Waals surface area contributed by atoms with Gasteiger partial charge in [0.25, 0.3) is 11.8 Å². The number of nitriles is 1.